The number of piperidine rings is 1. The van der Waals surface area contributed by atoms with Gasteiger partial charge in [-0.25, -0.2) is 13.2 Å². The number of carbonyl (C=O) groups is 2. The van der Waals surface area contributed by atoms with Crippen molar-refractivity contribution in [1.29, 1.82) is 0 Å². The molecule has 172 valence electrons. The van der Waals surface area contributed by atoms with Crippen molar-refractivity contribution in [2.24, 2.45) is 5.92 Å². The molecule has 2 aromatic carbocycles. The molecule has 0 aliphatic carbocycles. The molecule has 0 radical (unpaired) electrons. The molecule has 9 heteroatoms. The lowest BCUT2D eigenvalue weighted by molar-refractivity contribution is -0.148. The minimum absolute atomic E-state index is 0.0153. The summed E-state index contributed by atoms with van der Waals surface area (Å²) < 4.78 is 33.2. The van der Waals surface area contributed by atoms with Crippen LogP contribution in [0, 0.1) is 19.8 Å². The van der Waals surface area contributed by atoms with Gasteiger partial charge in [0, 0.05) is 18.8 Å². The SMILES string of the molecule is CCOC(=O)[C@@H]1CCCN(c2ccc(NS(=O)(=O)c3ccc(C)c(C)c3)c(C(=O)O)c2)C1. The molecular weight excluding hydrogens is 432 g/mol. The first-order chi connectivity index (χ1) is 15.1. The van der Waals surface area contributed by atoms with Crippen molar-refractivity contribution in [1.82, 2.24) is 0 Å². The van der Waals surface area contributed by atoms with Crippen molar-refractivity contribution in [2.45, 2.75) is 38.5 Å². The average molecular weight is 461 g/mol. The van der Waals surface area contributed by atoms with Gasteiger partial charge in [0.2, 0.25) is 0 Å². The van der Waals surface area contributed by atoms with Gasteiger partial charge < -0.3 is 14.7 Å². The molecule has 1 atom stereocenters. The smallest absolute Gasteiger partial charge is 0.337 e. The second-order valence-corrected chi connectivity index (χ2v) is 9.61. The maximum Gasteiger partial charge on any atom is 0.337 e. The highest BCUT2D eigenvalue weighted by atomic mass is 32.2. The van der Waals surface area contributed by atoms with E-state index in [1.165, 1.54) is 18.2 Å². The van der Waals surface area contributed by atoms with Gasteiger partial charge in [-0.1, -0.05) is 6.07 Å². The Hall–Kier alpha value is -3.07. The van der Waals surface area contributed by atoms with E-state index in [0.29, 0.717) is 25.4 Å². The van der Waals surface area contributed by atoms with Crippen LogP contribution in [0.25, 0.3) is 0 Å². The van der Waals surface area contributed by atoms with Crippen LogP contribution in [0.15, 0.2) is 41.3 Å². The summed E-state index contributed by atoms with van der Waals surface area (Å²) in [6.45, 7) is 6.86. The summed E-state index contributed by atoms with van der Waals surface area (Å²) in [6.07, 6.45) is 1.49. The molecule has 0 amide bonds. The normalized spacial score (nSPS) is 16.5. The predicted octanol–water partition coefficient (Wildman–Crippen LogP) is 3.58. The molecule has 0 unspecified atom stereocenters. The van der Waals surface area contributed by atoms with E-state index in [1.807, 2.05) is 18.7 Å². The maximum absolute atomic E-state index is 12.8. The highest BCUT2D eigenvalue weighted by molar-refractivity contribution is 7.92. The Morgan fingerprint density at radius 3 is 2.56 bits per heavy atom. The molecule has 0 saturated carbocycles. The molecule has 1 heterocycles. The summed E-state index contributed by atoms with van der Waals surface area (Å²) in [4.78, 5) is 26.0. The first-order valence-corrected chi connectivity index (χ1v) is 12.0. The number of aryl methyl sites for hydroxylation is 2. The quantitative estimate of drug-likeness (QED) is 0.607. The Bertz CT molecular complexity index is 1130. The molecule has 1 aliphatic rings. The van der Waals surface area contributed by atoms with Crippen molar-refractivity contribution in [2.75, 3.05) is 29.3 Å². The van der Waals surface area contributed by atoms with Crippen LogP contribution < -0.4 is 9.62 Å². The maximum atomic E-state index is 12.8. The van der Waals surface area contributed by atoms with Crippen LogP contribution in [-0.4, -0.2) is 45.2 Å². The van der Waals surface area contributed by atoms with Gasteiger partial charge in [-0.2, -0.15) is 0 Å². The third kappa shape index (κ3) is 5.21. The van der Waals surface area contributed by atoms with E-state index < -0.39 is 16.0 Å². The van der Waals surface area contributed by atoms with Crippen molar-refractivity contribution >= 4 is 33.3 Å². The minimum Gasteiger partial charge on any atom is -0.478 e. The Morgan fingerprint density at radius 2 is 1.91 bits per heavy atom. The van der Waals surface area contributed by atoms with Gasteiger partial charge in [-0.05, 0) is 75.1 Å². The van der Waals surface area contributed by atoms with Crippen LogP contribution >= 0.6 is 0 Å². The van der Waals surface area contributed by atoms with E-state index in [9.17, 15) is 23.1 Å². The zero-order chi connectivity index (χ0) is 23.5. The number of rotatable bonds is 7. The fourth-order valence-electron chi connectivity index (χ4n) is 3.74. The lowest BCUT2D eigenvalue weighted by atomic mass is 9.97. The predicted molar refractivity (Wildman–Crippen MR) is 122 cm³/mol. The Morgan fingerprint density at radius 1 is 1.16 bits per heavy atom. The van der Waals surface area contributed by atoms with Crippen LogP contribution in [0.2, 0.25) is 0 Å². The Balaban J connectivity index is 1.87. The summed E-state index contributed by atoms with van der Waals surface area (Å²) in [5.41, 5.74) is 2.22. The number of ether oxygens (including phenoxy) is 1. The van der Waals surface area contributed by atoms with Gasteiger partial charge in [0.25, 0.3) is 10.0 Å². The number of benzene rings is 2. The number of carboxylic acid groups (broad SMARTS) is 1. The number of hydrogen-bond acceptors (Lipinski definition) is 6. The van der Waals surface area contributed by atoms with Gasteiger partial charge in [0.05, 0.1) is 28.7 Å². The summed E-state index contributed by atoms with van der Waals surface area (Å²) >= 11 is 0. The van der Waals surface area contributed by atoms with Gasteiger partial charge in [0.1, 0.15) is 0 Å². The van der Waals surface area contributed by atoms with Crippen molar-refractivity contribution < 1.29 is 27.9 Å². The van der Waals surface area contributed by atoms with Crippen LogP contribution in [0.1, 0.15) is 41.3 Å². The van der Waals surface area contributed by atoms with Crippen LogP contribution in [0.3, 0.4) is 0 Å². The van der Waals surface area contributed by atoms with E-state index in [2.05, 4.69) is 4.72 Å². The number of sulfonamides is 1. The number of hydrogen-bond donors (Lipinski definition) is 2. The number of carbonyl (C=O) groups excluding carboxylic acids is 1. The molecule has 1 aliphatic heterocycles. The number of aromatic carboxylic acids is 1. The number of anilines is 2. The molecule has 32 heavy (non-hydrogen) atoms. The van der Waals surface area contributed by atoms with Crippen LogP contribution in [-0.2, 0) is 19.6 Å². The molecule has 0 spiro atoms. The van der Waals surface area contributed by atoms with Crippen LogP contribution in [0.5, 0.6) is 0 Å². The fraction of sp³-hybridized carbons (Fsp3) is 0.391. The number of carboxylic acids is 1. The summed E-state index contributed by atoms with van der Waals surface area (Å²) in [7, 11) is -3.96. The van der Waals surface area contributed by atoms with Gasteiger partial charge >= 0.3 is 11.9 Å². The van der Waals surface area contributed by atoms with E-state index in [0.717, 1.165) is 24.0 Å². The molecule has 0 bridgehead atoms. The summed E-state index contributed by atoms with van der Waals surface area (Å²) in [5.74, 6) is -1.78. The highest BCUT2D eigenvalue weighted by Crippen LogP contribution is 2.29. The lowest BCUT2D eigenvalue weighted by Crippen LogP contribution is -2.39. The molecule has 2 N–H and O–H groups in total. The van der Waals surface area contributed by atoms with E-state index in [1.54, 1.807) is 25.1 Å². The first kappa shape index (κ1) is 23.6. The Kier molecular flexibility index (Phi) is 7.08. The van der Waals surface area contributed by atoms with Gasteiger partial charge in [-0.15, -0.1) is 0 Å². The highest BCUT2D eigenvalue weighted by Gasteiger charge is 2.28. The third-order valence-electron chi connectivity index (χ3n) is 5.67. The summed E-state index contributed by atoms with van der Waals surface area (Å²) in [6, 6.07) is 9.30. The van der Waals surface area contributed by atoms with Gasteiger partial charge in [0.15, 0.2) is 0 Å². The first-order valence-electron chi connectivity index (χ1n) is 10.5. The van der Waals surface area contributed by atoms with E-state index in [-0.39, 0.29) is 28.0 Å². The number of esters is 1. The molecular formula is C23H28N2O6S. The third-order valence-corrected chi connectivity index (χ3v) is 7.04. The molecule has 0 aromatic heterocycles. The van der Waals surface area contributed by atoms with Gasteiger partial charge in [-0.3, -0.25) is 9.52 Å². The average Bonchev–Trinajstić information content (AvgIpc) is 2.75. The Labute approximate surface area is 188 Å². The monoisotopic (exact) mass is 460 g/mol. The second kappa shape index (κ2) is 9.60. The van der Waals surface area contributed by atoms with Crippen molar-refractivity contribution in [3.8, 4) is 0 Å². The van der Waals surface area contributed by atoms with Crippen molar-refractivity contribution in [3.63, 3.8) is 0 Å². The van der Waals surface area contributed by atoms with Crippen LogP contribution in [0.4, 0.5) is 11.4 Å². The zero-order valence-electron chi connectivity index (χ0n) is 18.4. The van der Waals surface area contributed by atoms with Crippen molar-refractivity contribution in [3.05, 3.63) is 53.1 Å². The topological polar surface area (TPSA) is 113 Å². The largest absolute Gasteiger partial charge is 0.478 e. The van der Waals surface area contributed by atoms with E-state index in [4.69, 9.17) is 4.74 Å². The number of nitrogens with zero attached hydrogens (tertiary/aromatic N) is 1. The minimum atomic E-state index is -3.96. The zero-order valence-corrected chi connectivity index (χ0v) is 19.2. The molecule has 1 fully saturated rings. The standard InChI is InChI=1S/C23H28N2O6S/c1-4-31-23(28)17-6-5-11-25(14-17)18-8-10-21(20(13-18)22(26)27)24-32(29,30)19-9-7-15(2)16(3)12-19/h7-10,12-13,17,24H,4-6,11,14H2,1-3H3,(H,26,27)/t17-/m1/s1. The molecule has 3 rings (SSSR count). The molecule has 2 aromatic rings. The molecule has 1 saturated heterocycles. The lowest BCUT2D eigenvalue weighted by Gasteiger charge is -2.33. The van der Waals surface area contributed by atoms with E-state index >= 15 is 0 Å². The number of nitrogens with one attached hydrogen (secondary N) is 1. The fourth-order valence-corrected chi connectivity index (χ4v) is 4.91. The summed E-state index contributed by atoms with van der Waals surface area (Å²) in [5, 5.41) is 9.72. The second-order valence-electron chi connectivity index (χ2n) is 7.92. The molecule has 8 nitrogen and oxygen atoms in total.